The largest absolute Gasteiger partial charge is 0.489 e. The molecule has 0 aliphatic rings. The molecule has 20 heavy (non-hydrogen) atoms. The van der Waals surface area contributed by atoms with E-state index < -0.39 is 10.0 Å². The van der Waals surface area contributed by atoms with Gasteiger partial charge in [0.1, 0.15) is 23.0 Å². The van der Waals surface area contributed by atoms with Crippen molar-refractivity contribution in [2.24, 2.45) is 5.14 Å². The number of fused-ring (bicyclic) bond motifs is 1. The highest BCUT2D eigenvalue weighted by Crippen LogP contribution is 2.30. The minimum atomic E-state index is -3.85. The van der Waals surface area contributed by atoms with Crippen molar-refractivity contribution in [2.45, 2.75) is 4.90 Å². The van der Waals surface area contributed by atoms with Crippen molar-refractivity contribution in [3.63, 3.8) is 0 Å². The molecule has 2 aromatic rings. The molecule has 1 heterocycles. The molecule has 8 heteroatoms. The molecule has 2 rings (SSSR count). The van der Waals surface area contributed by atoms with Crippen molar-refractivity contribution < 1.29 is 17.9 Å². The monoisotopic (exact) mass is 316 g/mol. The molecule has 0 aliphatic carbocycles. The number of nitrogens with two attached hydrogens (primary N) is 1. The molecule has 0 spiro atoms. The van der Waals surface area contributed by atoms with E-state index >= 15 is 0 Å². The van der Waals surface area contributed by atoms with E-state index in [-0.39, 0.29) is 10.0 Å². The smallest absolute Gasteiger partial charge is 0.238 e. The number of primary sulfonamides is 1. The lowest BCUT2D eigenvalue weighted by atomic mass is 10.2. The Morgan fingerprint density at radius 2 is 2.00 bits per heavy atom. The maximum atomic E-state index is 11.6. The van der Waals surface area contributed by atoms with Crippen molar-refractivity contribution in [2.75, 3.05) is 20.3 Å². The van der Waals surface area contributed by atoms with Crippen LogP contribution < -0.4 is 9.88 Å². The third-order valence-electron chi connectivity index (χ3n) is 2.60. The van der Waals surface area contributed by atoms with E-state index in [2.05, 4.69) is 4.98 Å². The van der Waals surface area contributed by atoms with Gasteiger partial charge in [0.25, 0.3) is 0 Å². The first kappa shape index (κ1) is 15.0. The van der Waals surface area contributed by atoms with Gasteiger partial charge in [-0.2, -0.15) is 0 Å². The summed E-state index contributed by atoms with van der Waals surface area (Å²) >= 11 is 5.85. The Hall–Kier alpha value is -1.41. The van der Waals surface area contributed by atoms with E-state index in [9.17, 15) is 8.42 Å². The Balaban J connectivity index is 2.59. The summed E-state index contributed by atoms with van der Waals surface area (Å²) in [4.78, 5) is 4.09. The van der Waals surface area contributed by atoms with E-state index in [1.54, 1.807) is 13.2 Å². The number of halogens is 1. The molecule has 0 saturated heterocycles. The molecule has 0 radical (unpaired) electrons. The first-order chi connectivity index (χ1) is 9.43. The standard InChI is InChI=1S/C12H13ClN2O4S/c1-18-6-7-19-9-3-4-10(20(14,16)17)8-2-5-11(13)15-12(8)9/h2-5H,6-7H2,1H3,(H2,14,16,17). The Morgan fingerprint density at radius 1 is 1.25 bits per heavy atom. The molecule has 0 bridgehead atoms. The van der Waals surface area contributed by atoms with Crippen LogP contribution in [0.3, 0.4) is 0 Å². The number of aromatic nitrogens is 1. The summed E-state index contributed by atoms with van der Waals surface area (Å²) < 4.78 is 33.5. The number of hydrogen-bond donors (Lipinski definition) is 1. The zero-order valence-corrected chi connectivity index (χ0v) is 12.2. The highest BCUT2D eigenvalue weighted by atomic mass is 35.5. The summed E-state index contributed by atoms with van der Waals surface area (Å²) in [7, 11) is -2.29. The van der Waals surface area contributed by atoms with E-state index in [1.165, 1.54) is 18.2 Å². The van der Waals surface area contributed by atoms with Crippen LogP contribution >= 0.6 is 11.6 Å². The van der Waals surface area contributed by atoms with Crippen LogP contribution in [0.2, 0.25) is 5.15 Å². The van der Waals surface area contributed by atoms with Crippen LogP contribution in [-0.4, -0.2) is 33.7 Å². The number of sulfonamides is 1. The molecule has 0 aliphatic heterocycles. The number of benzene rings is 1. The van der Waals surface area contributed by atoms with Gasteiger partial charge in [0, 0.05) is 12.5 Å². The molecule has 1 aromatic carbocycles. The second kappa shape index (κ2) is 5.92. The first-order valence-corrected chi connectivity index (χ1v) is 7.59. The summed E-state index contributed by atoms with van der Waals surface area (Å²) in [6.45, 7) is 0.716. The predicted octanol–water partition coefficient (Wildman–Crippen LogP) is 1.56. The first-order valence-electron chi connectivity index (χ1n) is 5.67. The summed E-state index contributed by atoms with van der Waals surface area (Å²) in [5.41, 5.74) is 0.347. The van der Waals surface area contributed by atoms with E-state index in [0.717, 1.165) is 0 Å². The summed E-state index contributed by atoms with van der Waals surface area (Å²) in [6.07, 6.45) is 0. The van der Waals surface area contributed by atoms with Gasteiger partial charge in [-0.25, -0.2) is 18.5 Å². The fourth-order valence-corrected chi connectivity index (χ4v) is 2.62. The van der Waals surface area contributed by atoms with Crippen molar-refractivity contribution in [1.82, 2.24) is 4.98 Å². The van der Waals surface area contributed by atoms with Gasteiger partial charge in [0.15, 0.2) is 0 Å². The minimum absolute atomic E-state index is 0.0178. The van der Waals surface area contributed by atoms with Crippen molar-refractivity contribution in [1.29, 1.82) is 0 Å². The Morgan fingerprint density at radius 3 is 2.65 bits per heavy atom. The average Bonchev–Trinajstić information content (AvgIpc) is 2.37. The van der Waals surface area contributed by atoms with E-state index in [0.29, 0.717) is 29.9 Å². The van der Waals surface area contributed by atoms with Crippen LogP contribution in [0.4, 0.5) is 0 Å². The van der Waals surface area contributed by atoms with Gasteiger partial charge in [-0.3, -0.25) is 0 Å². The number of pyridine rings is 1. The Kier molecular flexibility index (Phi) is 4.44. The van der Waals surface area contributed by atoms with Crippen LogP contribution in [0.5, 0.6) is 5.75 Å². The Labute approximate surface area is 121 Å². The van der Waals surface area contributed by atoms with Gasteiger partial charge in [-0.15, -0.1) is 0 Å². The molecule has 0 saturated carbocycles. The van der Waals surface area contributed by atoms with Gasteiger partial charge < -0.3 is 9.47 Å². The molecule has 0 fully saturated rings. The molecule has 0 atom stereocenters. The third-order valence-corrected chi connectivity index (χ3v) is 3.78. The number of hydrogen-bond acceptors (Lipinski definition) is 5. The average molecular weight is 317 g/mol. The number of nitrogens with zero attached hydrogens (tertiary/aromatic N) is 1. The van der Waals surface area contributed by atoms with Crippen LogP contribution in [0.15, 0.2) is 29.2 Å². The van der Waals surface area contributed by atoms with Crippen LogP contribution in [0.1, 0.15) is 0 Å². The maximum Gasteiger partial charge on any atom is 0.238 e. The van der Waals surface area contributed by atoms with Crippen LogP contribution in [0, 0.1) is 0 Å². The summed E-state index contributed by atoms with van der Waals surface area (Å²) in [5.74, 6) is 0.423. The lowest BCUT2D eigenvalue weighted by Gasteiger charge is -2.11. The second-order valence-electron chi connectivity index (χ2n) is 3.98. The minimum Gasteiger partial charge on any atom is -0.489 e. The Bertz CT molecular complexity index is 734. The van der Waals surface area contributed by atoms with Crippen molar-refractivity contribution >= 4 is 32.5 Å². The molecule has 6 nitrogen and oxygen atoms in total. The SMILES string of the molecule is COCCOc1ccc(S(N)(=O)=O)c2ccc(Cl)nc12. The van der Waals surface area contributed by atoms with Gasteiger partial charge in [-0.1, -0.05) is 11.6 Å². The zero-order valence-electron chi connectivity index (χ0n) is 10.7. The lowest BCUT2D eigenvalue weighted by molar-refractivity contribution is 0.147. The molecular weight excluding hydrogens is 304 g/mol. The second-order valence-corrected chi connectivity index (χ2v) is 5.90. The number of methoxy groups -OCH3 is 1. The number of rotatable bonds is 5. The zero-order chi connectivity index (χ0) is 14.8. The molecule has 1 aromatic heterocycles. The quantitative estimate of drug-likeness (QED) is 0.667. The fraction of sp³-hybridized carbons (Fsp3) is 0.250. The molecule has 0 unspecified atom stereocenters. The molecule has 0 amide bonds. The summed E-state index contributed by atoms with van der Waals surface area (Å²) in [5, 5.41) is 5.79. The predicted molar refractivity (Wildman–Crippen MR) is 75.5 cm³/mol. The normalized spacial score (nSPS) is 11.8. The van der Waals surface area contributed by atoms with E-state index in [1.807, 2.05) is 0 Å². The van der Waals surface area contributed by atoms with Crippen molar-refractivity contribution in [3.05, 3.63) is 29.4 Å². The van der Waals surface area contributed by atoms with Crippen LogP contribution in [0.25, 0.3) is 10.9 Å². The van der Waals surface area contributed by atoms with Crippen LogP contribution in [-0.2, 0) is 14.8 Å². The summed E-state index contributed by atoms with van der Waals surface area (Å²) in [6, 6.07) is 5.93. The number of ether oxygens (including phenoxy) is 2. The topological polar surface area (TPSA) is 91.5 Å². The molecule has 2 N–H and O–H groups in total. The molecule has 108 valence electrons. The maximum absolute atomic E-state index is 11.6. The van der Waals surface area contributed by atoms with E-state index in [4.69, 9.17) is 26.2 Å². The van der Waals surface area contributed by atoms with Crippen molar-refractivity contribution in [3.8, 4) is 5.75 Å². The van der Waals surface area contributed by atoms with Gasteiger partial charge >= 0.3 is 0 Å². The fourth-order valence-electron chi connectivity index (χ4n) is 1.74. The van der Waals surface area contributed by atoms with Gasteiger partial charge in [0.05, 0.1) is 11.5 Å². The third kappa shape index (κ3) is 3.18. The highest BCUT2D eigenvalue weighted by Gasteiger charge is 2.16. The molecular formula is C12H13ClN2O4S. The highest BCUT2D eigenvalue weighted by molar-refractivity contribution is 7.89. The van der Waals surface area contributed by atoms with Gasteiger partial charge in [0.2, 0.25) is 10.0 Å². The lowest BCUT2D eigenvalue weighted by Crippen LogP contribution is -2.13. The van der Waals surface area contributed by atoms with Gasteiger partial charge in [-0.05, 0) is 24.3 Å².